The van der Waals surface area contributed by atoms with Crippen LogP contribution in [0.3, 0.4) is 0 Å². The second-order valence-corrected chi connectivity index (χ2v) is 8.95. The number of esters is 2. The number of carbonyl (C=O) groups is 2. The van der Waals surface area contributed by atoms with E-state index in [1.165, 1.54) is 0 Å². The van der Waals surface area contributed by atoms with Gasteiger partial charge in [-0.05, 0) is 37.0 Å². The van der Waals surface area contributed by atoms with E-state index in [1.54, 1.807) is 0 Å². The minimum Gasteiger partial charge on any atom is -0.466 e. The Bertz CT molecular complexity index is 565. The van der Waals surface area contributed by atoms with Gasteiger partial charge in [0, 0.05) is 0 Å². The summed E-state index contributed by atoms with van der Waals surface area (Å²) in [5, 5.41) is 0. The van der Waals surface area contributed by atoms with Gasteiger partial charge in [0.15, 0.2) is 6.10 Å². The number of methoxy groups -OCH3 is 1. The lowest BCUT2D eigenvalue weighted by Gasteiger charge is -2.56. The zero-order valence-electron chi connectivity index (χ0n) is 16.3. The Morgan fingerprint density at radius 2 is 1.58 bits per heavy atom. The summed E-state index contributed by atoms with van der Waals surface area (Å²) in [6.45, 7) is 10.1. The normalized spacial score (nSPS) is 26.3. The first kappa shape index (κ1) is 22.7. The lowest BCUT2D eigenvalue weighted by Crippen LogP contribution is -2.60. The zero-order chi connectivity index (χ0) is 20.8. The van der Waals surface area contributed by atoms with Crippen LogP contribution in [0.1, 0.15) is 60.8 Å². The molecule has 0 amide bonds. The van der Waals surface area contributed by atoms with E-state index in [4.69, 9.17) is 4.74 Å². The molecule has 0 aromatic heterocycles. The van der Waals surface area contributed by atoms with Gasteiger partial charge in [-0.1, -0.05) is 34.6 Å². The minimum absolute atomic E-state index is 0.293. The van der Waals surface area contributed by atoms with E-state index in [0.717, 1.165) is 6.92 Å². The van der Waals surface area contributed by atoms with Gasteiger partial charge in [0.1, 0.15) is 0 Å². The van der Waals surface area contributed by atoms with Gasteiger partial charge < -0.3 is 9.47 Å². The molecule has 8 heteroatoms. The maximum atomic E-state index is 14.6. The molecular formula is C18H28F4O4. The molecule has 0 radical (unpaired) electrons. The number of hydrogen-bond donors (Lipinski definition) is 0. The molecule has 1 rings (SSSR count). The van der Waals surface area contributed by atoms with Gasteiger partial charge >= 0.3 is 23.8 Å². The Balaban J connectivity index is 3.18. The highest BCUT2D eigenvalue weighted by Gasteiger charge is 2.69. The summed E-state index contributed by atoms with van der Waals surface area (Å²) in [6.07, 6.45) is -6.43. The molecule has 26 heavy (non-hydrogen) atoms. The average Bonchev–Trinajstić information content (AvgIpc) is 2.47. The first-order chi connectivity index (χ1) is 11.4. The van der Waals surface area contributed by atoms with E-state index in [9.17, 15) is 27.2 Å². The van der Waals surface area contributed by atoms with Crippen molar-refractivity contribution in [1.29, 1.82) is 0 Å². The van der Waals surface area contributed by atoms with E-state index in [-0.39, 0.29) is 5.41 Å². The van der Waals surface area contributed by atoms with Gasteiger partial charge in [-0.3, -0.25) is 4.79 Å². The smallest absolute Gasteiger partial charge is 0.437 e. The van der Waals surface area contributed by atoms with Gasteiger partial charge in [0.2, 0.25) is 0 Å². The molecule has 1 aliphatic carbocycles. The predicted octanol–water partition coefficient (Wildman–Crippen LogP) is 4.60. The lowest BCUT2D eigenvalue weighted by molar-refractivity contribution is -0.266. The first-order valence-electron chi connectivity index (χ1n) is 8.50. The molecular weight excluding hydrogens is 356 g/mol. The highest BCUT2D eigenvalue weighted by Crippen LogP contribution is 2.62. The highest BCUT2D eigenvalue weighted by atomic mass is 19.4. The van der Waals surface area contributed by atoms with Crippen LogP contribution >= 0.6 is 0 Å². The van der Waals surface area contributed by atoms with Crippen molar-refractivity contribution < 1.29 is 36.6 Å². The number of ether oxygens (including phenoxy) is 2. The molecule has 152 valence electrons. The van der Waals surface area contributed by atoms with E-state index in [0.29, 0.717) is 26.4 Å². The molecule has 0 spiro atoms. The molecule has 0 N–H and O–H groups in total. The summed E-state index contributed by atoms with van der Waals surface area (Å²) < 4.78 is 63.1. The van der Waals surface area contributed by atoms with Gasteiger partial charge in [-0.2, -0.15) is 13.2 Å². The van der Waals surface area contributed by atoms with Crippen molar-refractivity contribution in [1.82, 2.24) is 0 Å². The van der Waals surface area contributed by atoms with Crippen LogP contribution in [0.2, 0.25) is 0 Å². The molecule has 1 fully saturated rings. The van der Waals surface area contributed by atoms with Crippen LogP contribution in [0, 0.1) is 16.2 Å². The summed E-state index contributed by atoms with van der Waals surface area (Å²) in [7, 11) is 0.646. The number of halogens is 4. The van der Waals surface area contributed by atoms with Crippen molar-refractivity contribution >= 4 is 11.9 Å². The van der Waals surface area contributed by atoms with Crippen LogP contribution in [-0.4, -0.2) is 37.0 Å². The Morgan fingerprint density at radius 1 is 1.08 bits per heavy atom. The summed E-state index contributed by atoms with van der Waals surface area (Å²) in [5.74, 6) is -3.05. The first-order valence-corrected chi connectivity index (χ1v) is 8.50. The van der Waals surface area contributed by atoms with Gasteiger partial charge in [0.25, 0.3) is 0 Å². The molecule has 3 unspecified atom stereocenters. The number of hydrogen-bond acceptors (Lipinski definition) is 4. The van der Waals surface area contributed by atoms with Crippen LogP contribution in [0.15, 0.2) is 0 Å². The van der Waals surface area contributed by atoms with E-state index in [2.05, 4.69) is 4.74 Å². The minimum atomic E-state index is -5.58. The predicted molar refractivity (Wildman–Crippen MR) is 87.0 cm³/mol. The van der Waals surface area contributed by atoms with Crippen LogP contribution in [0.25, 0.3) is 0 Å². The average molecular weight is 384 g/mol. The number of carbonyl (C=O) groups excluding carboxylic acids is 2. The van der Waals surface area contributed by atoms with Crippen molar-refractivity contribution in [2.45, 2.75) is 78.8 Å². The van der Waals surface area contributed by atoms with Crippen molar-refractivity contribution in [2.75, 3.05) is 7.11 Å². The number of alkyl halides is 4. The fourth-order valence-corrected chi connectivity index (χ4v) is 3.63. The standard InChI is InChI=1S/C18H28F4O4/c1-11(17(19,13(24)25-7)18(20,21)22)26-12(23)16(10-14(2,3)4)9-8-15(16,5)6/h11H,8-10H2,1-7H3. The number of rotatable bonds is 5. The summed E-state index contributed by atoms with van der Waals surface area (Å²) in [5.41, 5.74) is -6.24. The molecule has 0 aromatic rings. The SMILES string of the molecule is COC(=O)C(F)(C(C)OC(=O)C1(CC(C)(C)C)CCC1(C)C)C(F)(F)F. The zero-order valence-corrected chi connectivity index (χ0v) is 16.3. The second-order valence-electron chi connectivity index (χ2n) is 8.95. The van der Waals surface area contributed by atoms with Crippen molar-refractivity contribution in [2.24, 2.45) is 16.2 Å². The Hall–Kier alpha value is -1.34. The third-order valence-electron chi connectivity index (χ3n) is 5.43. The van der Waals surface area contributed by atoms with E-state index < -0.39 is 40.7 Å². The molecule has 1 saturated carbocycles. The monoisotopic (exact) mass is 384 g/mol. The molecule has 0 heterocycles. The maximum Gasteiger partial charge on any atom is 0.437 e. The Labute approximate surface area is 151 Å². The molecule has 4 nitrogen and oxygen atoms in total. The third-order valence-corrected chi connectivity index (χ3v) is 5.43. The van der Waals surface area contributed by atoms with Gasteiger partial charge in [-0.25, -0.2) is 9.18 Å². The van der Waals surface area contributed by atoms with Crippen LogP contribution in [-0.2, 0) is 19.1 Å². The van der Waals surface area contributed by atoms with Crippen molar-refractivity contribution in [3.05, 3.63) is 0 Å². The fraction of sp³-hybridized carbons (Fsp3) is 0.889. The largest absolute Gasteiger partial charge is 0.466 e. The van der Waals surface area contributed by atoms with E-state index in [1.807, 2.05) is 34.6 Å². The lowest BCUT2D eigenvalue weighted by atomic mass is 9.47. The van der Waals surface area contributed by atoms with Crippen LogP contribution in [0.5, 0.6) is 0 Å². The van der Waals surface area contributed by atoms with E-state index >= 15 is 0 Å². The quantitative estimate of drug-likeness (QED) is 0.513. The second kappa shape index (κ2) is 6.68. The van der Waals surface area contributed by atoms with Crippen LogP contribution < -0.4 is 0 Å². The third kappa shape index (κ3) is 3.69. The van der Waals surface area contributed by atoms with Gasteiger partial charge in [-0.15, -0.1) is 0 Å². The van der Waals surface area contributed by atoms with Crippen molar-refractivity contribution in [3.63, 3.8) is 0 Å². The highest BCUT2D eigenvalue weighted by molar-refractivity contribution is 5.83. The molecule has 3 atom stereocenters. The molecule has 0 bridgehead atoms. The van der Waals surface area contributed by atoms with Crippen LogP contribution in [0.4, 0.5) is 17.6 Å². The summed E-state index contributed by atoms with van der Waals surface area (Å²) in [6, 6.07) is 0. The molecule has 0 aromatic carbocycles. The molecule has 0 aliphatic heterocycles. The van der Waals surface area contributed by atoms with Gasteiger partial charge in [0.05, 0.1) is 12.5 Å². The fourth-order valence-electron chi connectivity index (χ4n) is 3.63. The van der Waals surface area contributed by atoms with Crippen molar-refractivity contribution in [3.8, 4) is 0 Å². The topological polar surface area (TPSA) is 52.6 Å². The molecule has 0 saturated heterocycles. The maximum absolute atomic E-state index is 14.6. The Morgan fingerprint density at radius 3 is 1.85 bits per heavy atom. The summed E-state index contributed by atoms with van der Waals surface area (Å²) >= 11 is 0. The summed E-state index contributed by atoms with van der Waals surface area (Å²) in [4.78, 5) is 24.3. The Kier molecular flexibility index (Phi) is 5.83. The molecule has 1 aliphatic rings.